The first-order valence-electron chi connectivity index (χ1n) is 8.39. The Bertz CT molecular complexity index is 493. The summed E-state index contributed by atoms with van der Waals surface area (Å²) in [6, 6.07) is 7.24. The van der Waals surface area contributed by atoms with Gasteiger partial charge in [-0.2, -0.15) is 0 Å². The van der Waals surface area contributed by atoms with E-state index >= 15 is 0 Å². The van der Waals surface area contributed by atoms with Crippen LogP contribution >= 0.6 is 0 Å². The average Bonchev–Trinajstić information content (AvgIpc) is 2.45. The molecule has 1 aliphatic carbocycles. The maximum Gasteiger partial charge on any atom is 0.123 e. The maximum absolute atomic E-state index is 13.3. The van der Waals surface area contributed by atoms with Crippen LogP contribution in [-0.2, 0) is 0 Å². The Morgan fingerprint density at radius 3 is 2.48 bits per heavy atom. The molecule has 2 fully saturated rings. The van der Waals surface area contributed by atoms with Crippen LogP contribution in [0.5, 0.6) is 0 Å². The third-order valence-electron chi connectivity index (χ3n) is 6.19. The Morgan fingerprint density at radius 2 is 1.81 bits per heavy atom. The summed E-state index contributed by atoms with van der Waals surface area (Å²) in [6.07, 6.45) is 5.19. The molecule has 116 valence electrons. The highest BCUT2D eigenvalue weighted by atomic mass is 19.1. The standard InChI is InChI=1S/C19H28FN/c1-14-12-18(2,3)8-9-19(14)10-11-21-13-17(19)15-4-6-16(20)7-5-15/h4-7,14,17,21H,8-13H2,1-3H3. The van der Waals surface area contributed by atoms with Crippen molar-refractivity contribution in [3.63, 3.8) is 0 Å². The molecule has 1 saturated carbocycles. The molecular formula is C19H28FN. The predicted molar refractivity (Wildman–Crippen MR) is 85.9 cm³/mol. The van der Waals surface area contributed by atoms with Crippen LogP contribution in [0.25, 0.3) is 0 Å². The Kier molecular flexibility index (Phi) is 3.85. The van der Waals surface area contributed by atoms with E-state index in [1.807, 2.05) is 12.1 Å². The van der Waals surface area contributed by atoms with Gasteiger partial charge in [-0.15, -0.1) is 0 Å². The molecule has 0 bridgehead atoms. The molecule has 3 rings (SSSR count). The first kappa shape index (κ1) is 15.0. The highest BCUT2D eigenvalue weighted by Gasteiger charge is 2.49. The van der Waals surface area contributed by atoms with Gasteiger partial charge in [-0.1, -0.05) is 32.9 Å². The minimum atomic E-state index is -0.130. The zero-order valence-electron chi connectivity index (χ0n) is 13.6. The van der Waals surface area contributed by atoms with Gasteiger partial charge in [0.1, 0.15) is 5.82 Å². The molecule has 1 N–H and O–H groups in total. The lowest BCUT2D eigenvalue weighted by molar-refractivity contribution is -0.00702. The highest BCUT2D eigenvalue weighted by molar-refractivity contribution is 5.25. The maximum atomic E-state index is 13.3. The third-order valence-corrected chi connectivity index (χ3v) is 6.19. The van der Waals surface area contributed by atoms with Gasteiger partial charge in [-0.3, -0.25) is 0 Å². The van der Waals surface area contributed by atoms with E-state index < -0.39 is 0 Å². The van der Waals surface area contributed by atoms with Gasteiger partial charge in [0, 0.05) is 12.5 Å². The molecule has 0 aromatic heterocycles. The van der Waals surface area contributed by atoms with Crippen LogP contribution in [-0.4, -0.2) is 13.1 Å². The van der Waals surface area contributed by atoms with Gasteiger partial charge >= 0.3 is 0 Å². The van der Waals surface area contributed by atoms with E-state index in [2.05, 4.69) is 26.1 Å². The van der Waals surface area contributed by atoms with Crippen molar-refractivity contribution in [1.82, 2.24) is 5.32 Å². The van der Waals surface area contributed by atoms with Crippen LogP contribution in [0.3, 0.4) is 0 Å². The molecule has 2 aliphatic rings. The van der Waals surface area contributed by atoms with Crippen LogP contribution in [0.1, 0.15) is 57.9 Å². The Hall–Kier alpha value is -0.890. The second kappa shape index (κ2) is 5.39. The van der Waals surface area contributed by atoms with Gasteiger partial charge in [-0.05, 0) is 66.7 Å². The minimum Gasteiger partial charge on any atom is -0.316 e. The molecule has 1 aromatic rings. The SMILES string of the molecule is CC1CC(C)(C)CCC12CCNCC2c1ccc(F)cc1. The first-order chi connectivity index (χ1) is 9.93. The molecule has 1 aromatic carbocycles. The van der Waals surface area contributed by atoms with E-state index in [1.165, 1.54) is 31.2 Å². The van der Waals surface area contributed by atoms with Crippen LogP contribution in [0, 0.1) is 22.6 Å². The third kappa shape index (κ3) is 2.75. The Morgan fingerprint density at radius 1 is 1.10 bits per heavy atom. The Labute approximate surface area is 128 Å². The number of piperidine rings is 1. The predicted octanol–water partition coefficient (Wildman–Crippen LogP) is 4.74. The molecule has 21 heavy (non-hydrogen) atoms. The van der Waals surface area contributed by atoms with E-state index in [0.29, 0.717) is 16.7 Å². The van der Waals surface area contributed by atoms with E-state index in [4.69, 9.17) is 0 Å². The van der Waals surface area contributed by atoms with Gasteiger partial charge in [0.05, 0.1) is 0 Å². The zero-order valence-corrected chi connectivity index (χ0v) is 13.6. The van der Waals surface area contributed by atoms with Gasteiger partial charge in [0.15, 0.2) is 0 Å². The lowest BCUT2D eigenvalue weighted by Crippen LogP contribution is -2.50. The quantitative estimate of drug-likeness (QED) is 0.787. The number of halogens is 1. The van der Waals surface area contributed by atoms with E-state index in [1.54, 1.807) is 12.1 Å². The van der Waals surface area contributed by atoms with Crippen molar-refractivity contribution >= 4 is 0 Å². The fourth-order valence-corrected chi connectivity index (χ4v) is 4.93. The largest absolute Gasteiger partial charge is 0.316 e. The average molecular weight is 289 g/mol. The monoisotopic (exact) mass is 289 g/mol. The van der Waals surface area contributed by atoms with Crippen molar-refractivity contribution in [2.24, 2.45) is 16.7 Å². The van der Waals surface area contributed by atoms with Crippen LogP contribution in [0.2, 0.25) is 0 Å². The number of hydrogen-bond donors (Lipinski definition) is 1. The number of rotatable bonds is 1. The fourth-order valence-electron chi connectivity index (χ4n) is 4.93. The zero-order chi connectivity index (χ0) is 15.1. The van der Waals surface area contributed by atoms with Crippen LogP contribution < -0.4 is 5.32 Å². The fraction of sp³-hybridized carbons (Fsp3) is 0.684. The summed E-state index contributed by atoms with van der Waals surface area (Å²) in [6.45, 7) is 9.43. The lowest BCUT2D eigenvalue weighted by Gasteiger charge is -2.55. The second-order valence-corrected chi connectivity index (χ2v) is 8.06. The Balaban J connectivity index is 1.92. The summed E-state index contributed by atoms with van der Waals surface area (Å²) in [5.74, 6) is 1.13. The summed E-state index contributed by atoms with van der Waals surface area (Å²) < 4.78 is 13.3. The van der Waals surface area contributed by atoms with Crippen molar-refractivity contribution in [2.45, 2.75) is 52.4 Å². The highest BCUT2D eigenvalue weighted by Crippen LogP contribution is 2.57. The molecule has 0 amide bonds. The molecule has 1 spiro atoms. The normalized spacial score (nSPS) is 35.8. The molecule has 1 saturated heterocycles. The van der Waals surface area contributed by atoms with E-state index in [0.717, 1.165) is 19.0 Å². The summed E-state index contributed by atoms with van der Waals surface area (Å²) >= 11 is 0. The van der Waals surface area contributed by atoms with Gasteiger partial charge < -0.3 is 5.32 Å². The van der Waals surface area contributed by atoms with Crippen LogP contribution in [0.15, 0.2) is 24.3 Å². The van der Waals surface area contributed by atoms with Gasteiger partial charge in [0.25, 0.3) is 0 Å². The summed E-state index contributed by atoms with van der Waals surface area (Å²) in [7, 11) is 0. The molecule has 2 heteroatoms. The molecular weight excluding hydrogens is 261 g/mol. The van der Waals surface area contributed by atoms with Gasteiger partial charge in [-0.25, -0.2) is 4.39 Å². The summed E-state index contributed by atoms with van der Waals surface area (Å²) in [5, 5.41) is 3.57. The summed E-state index contributed by atoms with van der Waals surface area (Å²) in [4.78, 5) is 0. The first-order valence-corrected chi connectivity index (χ1v) is 8.39. The molecule has 1 aliphatic heterocycles. The lowest BCUT2D eigenvalue weighted by atomic mass is 9.52. The van der Waals surface area contributed by atoms with E-state index in [-0.39, 0.29) is 5.82 Å². The van der Waals surface area contributed by atoms with Crippen molar-refractivity contribution < 1.29 is 4.39 Å². The van der Waals surface area contributed by atoms with Crippen molar-refractivity contribution in [1.29, 1.82) is 0 Å². The molecule has 0 radical (unpaired) electrons. The summed E-state index contributed by atoms with van der Waals surface area (Å²) in [5.41, 5.74) is 2.19. The van der Waals surface area contributed by atoms with Crippen molar-refractivity contribution in [3.8, 4) is 0 Å². The molecule has 3 atom stereocenters. The number of nitrogens with one attached hydrogen (secondary N) is 1. The number of hydrogen-bond acceptors (Lipinski definition) is 1. The molecule has 1 heterocycles. The minimum absolute atomic E-state index is 0.130. The van der Waals surface area contributed by atoms with Crippen molar-refractivity contribution in [2.75, 3.05) is 13.1 Å². The van der Waals surface area contributed by atoms with E-state index in [9.17, 15) is 4.39 Å². The number of benzene rings is 1. The molecule has 3 unspecified atom stereocenters. The smallest absolute Gasteiger partial charge is 0.123 e. The second-order valence-electron chi connectivity index (χ2n) is 8.06. The van der Waals surface area contributed by atoms with Crippen molar-refractivity contribution in [3.05, 3.63) is 35.6 Å². The van der Waals surface area contributed by atoms with Crippen LogP contribution in [0.4, 0.5) is 4.39 Å². The molecule has 1 nitrogen and oxygen atoms in total. The topological polar surface area (TPSA) is 12.0 Å². The van der Waals surface area contributed by atoms with Gasteiger partial charge in [0.2, 0.25) is 0 Å².